The average molecular weight is 319 g/mol. The fourth-order valence-electron chi connectivity index (χ4n) is 2.55. The van der Waals surface area contributed by atoms with Crippen molar-refractivity contribution < 1.29 is 17.0 Å². The van der Waals surface area contributed by atoms with Gasteiger partial charge in [0, 0.05) is 17.2 Å². The standard InChI is InChI=1S/C13H18FNO3S2/c1-20(17,18)11-4-2-3-10(8-11)19(16)13-6-5-9(15)7-12(13)14/h5-7,10-11H,2-4,8,15H2,1H3. The van der Waals surface area contributed by atoms with Gasteiger partial charge in [0.25, 0.3) is 0 Å². The second-order valence-corrected chi connectivity index (χ2v) is 9.25. The number of nitrogens with two attached hydrogens (primary N) is 1. The van der Waals surface area contributed by atoms with Gasteiger partial charge in [-0.1, -0.05) is 6.42 Å². The van der Waals surface area contributed by atoms with E-state index in [1.54, 1.807) is 0 Å². The van der Waals surface area contributed by atoms with E-state index in [2.05, 4.69) is 0 Å². The van der Waals surface area contributed by atoms with Crippen LogP contribution in [0.3, 0.4) is 0 Å². The molecule has 20 heavy (non-hydrogen) atoms. The molecule has 3 unspecified atom stereocenters. The van der Waals surface area contributed by atoms with Gasteiger partial charge in [0.15, 0.2) is 0 Å². The summed E-state index contributed by atoms with van der Waals surface area (Å²) in [5, 5.41) is -0.788. The third-order valence-electron chi connectivity index (χ3n) is 3.66. The minimum atomic E-state index is -3.14. The van der Waals surface area contributed by atoms with Gasteiger partial charge in [0.1, 0.15) is 15.7 Å². The molecular formula is C13H18FNO3S2. The highest BCUT2D eigenvalue weighted by Crippen LogP contribution is 2.30. The number of benzene rings is 1. The van der Waals surface area contributed by atoms with Crippen molar-refractivity contribution >= 4 is 26.3 Å². The van der Waals surface area contributed by atoms with E-state index in [0.29, 0.717) is 25.7 Å². The predicted molar refractivity (Wildman–Crippen MR) is 78.1 cm³/mol. The Morgan fingerprint density at radius 3 is 2.65 bits per heavy atom. The molecule has 4 nitrogen and oxygen atoms in total. The van der Waals surface area contributed by atoms with Gasteiger partial charge in [0.05, 0.1) is 20.9 Å². The number of anilines is 1. The van der Waals surface area contributed by atoms with Gasteiger partial charge in [-0.15, -0.1) is 0 Å². The number of rotatable bonds is 3. The molecule has 0 aromatic heterocycles. The maximum Gasteiger partial charge on any atom is 0.150 e. The van der Waals surface area contributed by atoms with Crippen molar-refractivity contribution in [2.24, 2.45) is 0 Å². The Bertz CT molecular complexity index is 631. The maximum atomic E-state index is 13.8. The summed E-state index contributed by atoms with van der Waals surface area (Å²) in [5.74, 6) is -0.593. The zero-order valence-corrected chi connectivity index (χ0v) is 12.8. The number of hydrogen-bond acceptors (Lipinski definition) is 4. The van der Waals surface area contributed by atoms with Crippen LogP contribution in [0.2, 0.25) is 0 Å². The number of sulfone groups is 1. The molecule has 0 saturated heterocycles. The van der Waals surface area contributed by atoms with Gasteiger partial charge >= 0.3 is 0 Å². The van der Waals surface area contributed by atoms with Gasteiger partial charge < -0.3 is 5.73 Å². The van der Waals surface area contributed by atoms with E-state index < -0.39 is 31.7 Å². The molecule has 0 radical (unpaired) electrons. The molecule has 7 heteroatoms. The van der Waals surface area contributed by atoms with Gasteiger partial charge in [-0.25, -0.2) is 12.8 Å². The Hall–Kier alpha value is -0.950. The molecule has 2 rings (SSSR count). The molecule has 0 spiro atoms. The van der Waals surface area contributed by atoms with Crippen LogP contribution in [-0.2, 0) is 20.6 Å². The van der Waals surface area contributed by atoms with Crippen molar-refractivity contribution in [3.8, 4) is 0 Å². The third-order valence-corrected chi connectivity index (χ3v) is 7.10. The topological polar surface area (TPSA) is 77.2 Å². The fraction of sp³-hybridized carbons (Fsp3) is 0.538. The molecule has 1 saturated carbocycles. The van der Waals surface area contributed by atoms with Crippen molar-refractivity contribution in [3.05, 3.63) is 24.0 Å². The number of hydrogen-bond donors (Lipinski definition) is 1. The van der Waals surface area contributed by atoms with Crippen molar-refractivity contribution in [2.75, 3.05) is 12.0 Å². The highest BCUT2D eigenvalue weighted by Gasteiger charge is 2.33. The minimum Gasteiger partial charge on any atom is -0.399 e. The van der Waals surface area contributed by atoms with Crippen LogP contribution in [0.25, 0.3) is 0 Å². The highest BCUT2D eigenvalue weighted by molar-refractivity contribution is 7.91. The van der Waals surface area contributed by atoms with Crippen molar-refractivity contribution in [1.29, 1.82) is 0 Å². The number of halogens is 1. The van der Waals surface area contributed by atoms with Gasteiger partial charge in [0.2, 0.25) is 0 Å². The first-order valence-electron chi connectivity index (χ1n) is 6.43. The summed E-state index contributed by atoms with van der Waals surface area (Å²) in [6, 6.07) is 4.07. The van der Waals surface area contributed by atoms with Crippen molar-refractivity contribution in [2.45, 2.75) is 41.1 Å². The van der Waals surface area contributed by atoms with Gasteiger partial charge in [-0.05, 0) is 37.5 Å². The zero-order valence-electron chi connectivity index (χ0n) is 11.2. The van der Waals surface area contributed by atoms with E-state index >= 15 is 0 Å². The lowest BCUT2D eigenvalue weighted by molar-refractivity contribution is 0.486. The normalized spacial score (nSPS) is 25.3. The van der Waals surface area contributed by atoms with E-state index in [1.807, 2.05) is 0 Å². The van der Waals surface area contributed by atoms with Gasteiger partial charge in [-0.2, -0.15) is 0 Å². The SMILES string of the molecule is CS(=O)(=O)C1CCCC(S(=O)c2ccc(N)cc2F)C1. The molecule has 1 aromatic rings. The zero-order chi connectivity index (χ0) is 14.9. The molecule has 0 aliphatic heterocycles. The van der Waals surface area contributed by atoms with Crippen LogP contribution >= 0.6 is 0 Å². The quantitative estimate of drug-likeness (QED) is 0.863. The lowest BCUT2D eigenvalue weighted by Crippen LogP contribution is -2.32. The summed E-state index contributed by atoms with van der Waals surface area (Å²) in [5.41, 5.74) is 5.75. The summed E-state index contributed by atoms with van der Waals surface area (Å²) in [7, 11) is -4.68. The Morgan fingerprint density at radius 1 is 1.35 bits per heavy atom. The molecule has 112 valence electrons. The second kappa shape index (κ2) is 5.81. The van der Waals surface area contributed by atoms with Crippen LogP contribution in [0.5, 0.6) is 0 Å². The summed E-state index contributed by atoms with van der Waals surface area (Å²) in [6.07, 6.45) is 3.48. The van der Waals surface area contributed by atoms with E-state index in [-0.39, 0.29) is 15.8 Å². The summed E-state index contributed by atoms with van der Waals surface area (Å²) >= 11 is 0. The summed E-state index contributed by atoms with van der Waals surface area (Å²) in [6.45, 7) is 0. The van der Waals surface area contributed by atoms with E-state index in [9.17, 15) is 17.0 Å². The van der Waals surface area contributed by atoms with Crippen LogP contribution in [0.1, 0.15) is 25.7 Å². The monoisotopic (exact) mass is 319 g/mol. The van der Waals surface area contributed by atoms with Crippen molar-refractivity contribution in [1.82, 2.24) is 0 Å². The van der Waals surface area contributed by atoms with Crippen LogP contribution in [0.4, 0.5) is 10.1 Å². The Kier molecular flexibility index (Phi) is 4.49. The van der Waals surface area contributed by atoms with E-state index in [1.165, 1.54) is 18.4 Å². The fourth-order valence-corrected chi connectivity index (χ4v) is 5.44. The Morgan fingerprint density at radius 2 is 2.05 bits per heavy atom. The predicted octanol–water partition coefficient (Wildman–Crippen LogP) is 1.87. The summed E-state index contributed by atoms with van der Waals surface area (Å²) < 4.78 is 49.5. The van der Waals surface area contributed by atoms with Crippen LogP contribution < -0.4 is 5.73 Å². The third kappa shape index (κ3) is 3.38. The number of nitrogen functional groups attached to an aromatic ring is 1. The molecule has 1 fully saturated rings. The first-order chi connectivity index (χ1) is 9.29. The maximum absolute atomic E-state index is 13.8. The van der Waals surface area contributed by atoms with Crippen LogP contribution in [-0.4, -0.2) is 29.4 Å². The van der Waals surface area contributed by atoms with Crippen LogP contribution in [0.15, 0.2) is 23.1 Å². The van der Waals surface area contributed by atoms with Gasteiger partial charge in [-0.3, -0.25) is 4.21 Å². The first kappa shape index (κ1) is 15.4. The first-order valence-corrected chi connectivity index (χ1v) is 9.60. The largest absolute Gasteiger partial charge is 0.399 e. The smallest absolute Gasteiger partial charge is 0.150 e. The Balaban J connectivity index is 2.21. The van der Waals surface area contributed by atoms with Crippen molar-refractivity contribution in [3.63, 3.8) is 0 Å². The lowest BCUT2D eigenvalue weighted by atomic mass is 10.00. The average Bonchev–Trinajstić information content (AvgIpc) is 2.37. The Labute approximate surface area is 120 Å². The minimum absolute atomic E-state index is 0.110. The molecule has 1 aliphatic rings. The molecule has 0 bridgehead atoms. The molecule has 2 N–H and O–H groups in total. The molecule has 3 atom stereocenters. The highest BCUT2D eigenvalue weighted by atomic mass is 32.2. The van der Waals surface area contributed by atoms with E-state index in [4.69, 9.17) is 5.73 Å². The summed E-state index contributed by atoms with van der Waals surface area (Å²) in [4.78, 5) is 0.110. The van der Waals surface area contributed by atoms with Crippen LogP contribution in [0, 0.1) is 5.82 Å². The second-order valence-electron chi connectivity index (χ2n) is 5.23. The molecule has 1 aliphatic carbocycles. The molecule has 0 heterocycles. The van der Waals surface area contributed by atoms with E-state index in [0.717, 1.165) is 6.07 Å². The lowest BCUT2D eigenvalue weighted by Gasteiger charge is -2.27. The molecule has 1 aromatic carbocycles. The molecule has 0 amide bonds. The molecular weight excluding hydrogens is 301 g/mol.